The Morgan fingerprint density at radius 2 is 2.17 bits per heavy atom. The Kier molecular flexibility index (Phi) is 4.35. The smallest absolute Gasteiger partial charge is 0.287 e. The molecule has 0 aliphatic rings. The van der Waals surface area contributed by atoms with E-state index in [-0.39, 0.29) is 10.8 Å². The Morgan fingerprint density at radius 3 is 2.83 bits per heavy atom. The van der Waals surface area contributed by atoms with E-state index >= 15 is 0 Å². The average Bonchev–Trinajstić information content (AvgIpc) is 2.98. The number of benzene rings is 1. The zero-order valence-electron chi connectivity index (χ0n) is 13.1. The topological polar surface area (TPSA) is 64.7 Å². The zero-order chi connectivity index (χ0) is 17.3. The standard InChI is InChI=1S/C16H15ClFN5O/c1-10-19-5-6-23(10)14-4-3-11(7-12(14)18)8-20-13-9-21-22(2)16(24)15(13)17/h3-7,9,20H,8H2,1-2H3. The highest BCUT2D eigenvalue weighted by molar-refractivity contribution is 6.32. The maximum Gasteiger partial charge on any atom is 0.287 e. The summed E-state index contributed by atoms with van der Waals surface area (Å²) in [6.45, 7) is 2.12. The Labute approximate surface area is 142 Å². The van der Waals surface area contributed by atoms with Crippen LogP contribution in [0.3, 0.4) is 0 Å². The molecule has 0 saturated carbocycles. The van der Waals surface area contributed by atoms with E-state index in [1.807, 2.05) is 0 Å². The lowest BCUT2D eigenvalue weighted by Crippen LogP contribution is -2.21. The summed E-state index contributed by atoms with van der Waals surface area (Å²) in [7, 11) is 1.52. The van der Waals surface area contributed by atoms with Crippen LogP contribution in [0, 0.1) is 12.7 Å². The van der Waals surface area contributed by atoms with Gasteiger partial charge < -0.3 is 9.88 Å². The van der Waals surface area contributed by atoms with Crippen molar-refractivity contribution >= 4 is 17.3 Å². The Morgan fingerprint density at radius 1 is 1.38 bits per heavy atom. The van der Waals surface area contributed by atoms with Crippen LogP contribution in [0.4, 0.5) is 10.1 Å². The molecular formula is C16H15ClFN5O. The lowest BCUT2D eigenvalue weighted by Gasteiger charge is -2.11. The van der Waals surface area contributed by atoms with Gasteiger partial charge in [0.15, 0.2) is 0 Å². The van der Waals surface area contributed by atoms with Gasteiger partial charge in [-0.2, -0.15) is 5.10 Å². The Hall–Kier alpha value is -2.67. The molecule has 0 amide bonds. The summed E-state index contributed by atoms with van der Waals surface area (Å²) in [6, 6.07) is 4.92. The monoisotopic (exact) mass is 347 g/mol. The number of hydrogen-bond donors (Lipinski definition) is 1. The number of imidazole rings is 1. The molecule has 2 aromatic heterocycles. The number of aromatic nitrogens is 4. The molecule has 0 atom stereocenters. The van der Waals surface area contributed by atoms with Crippen LogP contribution in [0.2, 0.25) is 5.02 Å². The maximum atomic E-state index is 14.3. The first-order valence-corrected chi connectivity index (χ1v) is 7.59. The SMILES string of the molecule is Cc1nccn1-c1ccc(CNc2cnn(C)c(=O)c2Cl)cc1F. The molecule has 1 N–H and O–H groups in total. The molecule has 24 heavy (non-hydrogen) atoms. The number of nitrogens with zero attached hydrogens (tertiary/aromatic N) is 4. The van der Waals surface area contributed by atoms with Gasteiger partial charge in [0.05, 0.1) is 17.6 Å². The molecule has 0 unspecified atom stereocenters. The molecule has 0 radical (unpaired) electrons. The number of anilines is 1. The first-order chi connectivity index (χ1) is 11.5. The van der Waals surface area contributed by atoms with Crippen LogP contribution < -0.4 is 10.9 Å². The van der Waals surface area contributed by atoms with Crippen molar-refractivity contribution in [1.29, 1.82) is 0 Å². The van der Waals surface area contributed by atoms with Gasteiger partial charge in [0.2, 0.25) is 0 Å². The summed E-state index contributed by atoms with van der Waals surface area (Å²) < 4.78 is 17.2. The summed E-state index contributed by atoms with van der Waals surface area (Å²) >= 11 is 5.99. The summed E-state index contributed by atoms with van der Waals surface area (Å²) in [5, 5.41) is 6.95. The maximum absolute atomic E-state index is 14.3. The molecule has 1 aromatic carbocycles. The fourth-order valence-corrected chi connectivity index (χ4v) is 2.56. The van der Waals surface area contributed by atoms with Crippen molar-refractivity contribution in [2.24, 2.45) is 7.05 Å². The number of hydrogen-bond acceptors (Lipinski definition) is 4. The van der Waals surface area contributed by atoms with Gasteiger partial charge in [-0.1, -0.05) is 17.7 Å². The normalized spacial score (nSPS) is 10.8. The molecule has 0 aliphatic heterocycles. The summed E-state index contributed by atoms with van der Waals surface area (Å²) in [5.41, 5.74) is 1.17. The van der Waals surface area contributed by atoms with Gasteiger partial charge in [-0.25, -0.2) is 14.1 Å². The summed E-state index contributed by atoms with van der Waals surface area (Å²) in [5.74, 6) is 0.348. The first kappa shape index (κ1) is 16.2. The highest BCUT2D eigenvalue weighted by Crippen LogP contribution is 2.19. The van der Waals surface area contributed by atoms with E-state index in [4.69, 9.17) is 11.6 Å². The summed E-state index contributed by atoms with van der Waals surface area (Å²) in [4.78, 5) is 15.8. The van der Waals surface area contributed by atoms with E-state index in [2.05, 4.69) is 15.4 Å². The van der Waals surface area contributed by atoms with E-state index in [9.17, 15) is 9.18 Å². The molecule has 0 saturated heterocycles. The van der Waals surface area contributed by atoms with Gasteiger partial charge >= 0.3 is 0 Å². The van der Waals surface area contributed by atoms with Crippen LogP contribution in [-0.4, -0.2) is 19.3 Å². The molecule has 124 valence electrons. The van der Waals surface area contributed by atoms with Crippen molar-refractivity contribution in [3.05, 3.63) is 69.4 Å². The number of nitrogens with one attached hydrogen (secondary N) is 1. The van der Waals surface area contributed by atoms with Crippen molar-refractivity contribution in [2.75, 3.05) is 5.32 Å². The molecule has 6 nitrogen and oxygen atoms in total. The molecule has 2 heterocycles. The lowest BCUT2D eigenvalue weighted by molar-refractivity contribution is 0.614. The van der Waals surface area contributed by atoms with E-state index in [1.54, 1.807) is 36.0 Å². The number of aryl methyl sites for hydroxylation is 2. The van der Waals surface area contributed by atoms with E-state index in [0.29, 0.717) is 29.3 Å². The van der Waals surface area contributed by atoms with Crippen molar-refractivity contribution in [3.63, 3.8) is 0 Å². The van der Waals surface area contributed by atoms with Crippen molar-refractivity contribution < 1.29 is 4.39 Å². The van der Waals surface area contributed by atoms with Gasteiger partial charge in [0.25, 0.3) is 5.56 Å². The molecular weight excluding hydrogens is 333 g/mol. The second-order valence-corrected chi connectivity index (χ2v) is 5.66. The lowest BCUT2D eigenvalue weighted by atomic mass is 10.2. The largest absolute Gasteiger partial charge is 0.378 e. The molecule has 0 aliphatic carbocycles. The molecule has 0 fully saturated rings. The highest BCUT2D eigenvalue weighted by atomic mass is 35.5. The van der Waals surface area contributed by atoms with Gasteiger partial charge in [-0.15, -0.1) is 0 Å². The van der Waals surface area contributed by atoms with E-state index in [1.165, 1.54) is 19.3 Å². The minimum absolute atomic E-state index is 0.0543. The van der Waals surface area contributed by atoms with Crippen LogP contribution in [0.15, 0.2) is 41.6 Å². The van der Waals surface area contributed by atoms with Crippen molar-refractivity contribution in [1.82, 2.24) is 19.3 Å². The van der Waals surface area contributed by atoms with Gasteiger partial charge in [0, 0.05) is 26.0 Å². The van der Waals surface area contributed by atoms with E-state index in [0.717, 1.165) is 4.68 Å². The minimum atomic E-state index is -0.390. The molecule has 8 heteroatoms. The van der Waals surface area contributed by atoms with Crippen LogP contribution in [0.5, 0.6) is 0 Å². The van der Waals surface area contributed by atoms with Gasteiger partial charge in [-0.05, 0) is 24.6 Å². The average molecular weight is 348 g/mol. The number of rotatable bonds is 4. The quantitative estimate of drug-likeness (QED) is 0.788. The predicted molar refractivity (Wildman–Crippen MR) is 90.1 cm³/mol. The third-order valence-electron chi connectivity index (χ3n) is 3.66. The molecule has 3 aromatic rings. The third kappa shape index (κ3) is 3.03. The summed E-state index contributed by atoms with van der Waals surface area (Å²) in [6.07, 6.45) is 4.79. The minimum Gasteiger partial charge on any atom is -0.378 e. The molecule has 3 rings (SSSR count). The molecule has 0 bridgehead atoms. The zero-order valence-corrected chi connectivity index (χ0v) is 13.9. The van der Waals surface area contributed by atoms with Crippen LogP contribution in [-0.2, 0) is 13.6 Å². The highest BCUT2D eigenvalue weighted by Gasteiger charge is 2.10. The Bertz CT molecular complexity index is 950. The first-order valence-electron chi connectivity index (χ1n) is 7.22. The van der Waals surface area contributed by atoms with Crippen LogP contribution >= 0.6 is 11.6 Å². The third-order valence-corrected chi connectivity index (χ3v) is 4.02. The second kappa shape index (κ2) is 6.45. The Balaban J connectivity index is 1.80. The fourth-order valence-electron chi connectivity index (χ4n) is 2.32. The van der Waals surface area contributed by atoms with Gasteiger partial charge in [-0.3, -0.25) is 4.79 Å². The predicted octanol–water partition coefficient (Wildman–Crippen LogP) is 2.68. The van der Waals surface area contributed by atoms with Crippen molar-refractivity contribution in [2.45, 2.75) is 13.5 Å². The molecule has 0 spiro atoms. The fraction of sp³-hybridized carbons (Fsp3) is 0.188. The van der Waals surface area contributed by atoms with Crippen LogP contribution in [0.1, 0.15) is 11.4 Å². The number of halogens is 2. The second-order valence-electron chi connectivity index (χ2n) is 5.28. The van der Waals surface area contributed by atoms with E-state index < -0.39 is 5.56 Å². The van der Waals surface area contributed by atoms with Gasteiger partial charge in [0.1, 0.15) is 16.7 Å². The van der Waals surface area contributed by atoms with Crippen molar-refractivity contribution in [3.8, 4) is 5.69 Å². The van der Waals surface area contributed by atoms with Crippen LogP contribution in [0.25, 0.3) is 5.69 Å².